The Kier molecular flexibility index (Phi) is 6.18. The van der Waals surface area contributed by atoms with Gasteiger partial charge in [0.15, 0.2) is 0 Å². The third-order valence-corrected chi connectivity index (χ3v) is 5.45. The summed E-state index contributed by atoms with van der Waals surface area (Å²) in [5, 5.41) is 1.72. The Morgan fingerprint density at radius 2 is 1.96 bits per heavy atom. The molecule has 1 unspecified atom stereocenters. The van der Waals surface area contributed by atoms with Crippen molar-refractivity contribution in [1.82, 2.24) is 14.3 Å². The number of aryl methyl sites for hydroxylation is 1. The van der Waals surface area contributed by atoms with Crippen LogP contribution < -0.4 is 9.46 Å². The van der Waals surface area contributed by atoms with Crippen molar-refractivity contribution in [1.29, 1.82) is 0 Å². The number of imidazole rings is 1. The normalized spacial score (nSPS) is 13.0. The summed E-state index contributed by atoms with van der Waals surface area (Å²) < 4.78 is 35.2. The SMILES string of the molecule is COc1cccc(C(NS(=O)(=O)/C=C/c2ccc(Cl)cc2)c2nccn2C)c1. The number of benzene rings is 2. The van der Waals surface area contributed by atoms with Gasteiger partial charge in [-0.1, -0.05) is 35.9 Å². The molecule has 6 nitrogen and oxygen atoms in total. The second kappa shape index (κ2) is 8.60. The summed E-state index contributed by atoms with van der Waals surface area (Å²) in [6.45, 7) is 0. The fourth-order valence-electron chi connectivity index (χ4n) is 2.69. The third-order valence-electron chi connectivity index (χ3n) is 4.14. The minimum absolute atomic E-state index is 0.566. The van der Waals surface area contributed by atoms with Gasteiger partial charge in [0, 0.05) is 29.9 Å². The van der Waals surface area contributed by atoms with Crippen LogP contribution in [0.2, 0.25) is 5.02 Å². The second-order valence-corrected chi connectivity index (χ2v) is 8.16. The van der Waals surface area contributed by atoms with Crippen LogP contribution in [0.5, 0.6) is 5.75 Å². The first kappa shape index (κ1) is 20.1. The monoisotopic (exact) mass is 417 g/mol. The molecule has 0 fully saturated rings. The molecule has 3 aromatic rings. The first-order valence-electron chi connectivity index (χ1n) is 8.45. The molecule has 0 spiro atoms. The molecule has 1 atom stereocenters. The zero-order chi connectivity index (χ0) is 20.1. The number of nitrogens with zero attached hydrogens (tertiary/aromatic N) is 2. The Labute approximate surface area is 169 Å². The minimum atomic E-state index is -3.76. The number of hydrogen-bond donors (Lipinski definition) is 1. The highest BCUT2D eigenvalue weighted by Gasteiger charge is 2.23. The Morgan fingerprint density at radius 1 is 1.21 bits per heavy atom. The van der Waals surface area contributed by atoms with Crippen LogP contribution in [0.15, 0.2) is 66.3 Å². The Hall–Kier alpha value is -2.61. The van der Waals surface area contributed by atoms with Gasteiger partial charge >= 0.3 is 0 Å². The van der Waals surface area contributed by atoms with E-state index in [1.54, 1.807) is 60.5 Å². The highest BCUT2D eigenvalue weighted by molar-refractivity contribution is 7.92. The lowest BCUT2D eigenvalue weighted by molar-refractivity contribution is 0.413. The zero-order valence-corrected chi connectivity index (χ0v) is 17.0. The summed E-state index contributed by atoms with van der Waals surface area (Å²) in [7, 11) is -0.381. The van der Waals surface area contributed by atoms with E-state index in [1.807, 2.05) is 19.2 Å². The molecule has 1 heterocycles. The van der Waals surface area contributed by atoms with Crippen molar-refractivity contribution in [2.24, 2.45) is 7.05 Å². The maximum atomic E-state index is 12.7. The van der Waals surface area contributed by atoms with E-state index >= 15 is 0 Å². The van der Waals surface area contributed by atoms with Crippen molar-refractivity contribution in [2.45, 2.75) is 6.04 Å². The Bertz CT molecular complexity index is 1080. The van der Waals surface area contributed by atoms with Gasteiger partial charge in [-0.15, -0.1) is 0 Å². The van der Waals surface area contributed by atoms with E-state index in [-0.39, 0.29) is 0 Å². The van der Waals surface area contributed by atoms with Crippen LogP contribution in [0, 0.1) is 0 Å². The van der Waals surface area contributed by atoms with Gasteiger partial charge in [0.05, 0.1) is 7.11 Å². The van der Waals surface area contributed by atoms with Crippen molar-refractivity contribution in [2.75, 3.05) is 7.11 Å². The minimum Gasteiger partial charge on any atom is -0.497 e. The van der Waals surface area contributed by atoms with Crippen LogP contribution in [-0.4, -0.2) is 25.1 Å². The van der Waals surface area contributed by atoms with Crippen molar-refractivity contribution in [3.63, 3.8) is 0 Å². The van der Waals surface area contributed by atoms with E-state index in [0.717, 1.165) is 16.5 Å². The number of sulfonamides is 1. The molecule has 3 rings (SSSR count). The third kappa shape index (κ3) is 5.01. The molecule has 1 aromatic heterocycles. The lowest BCUT2D eigenvalue weighted by Gasteiger charge is -2.18. The summed E-state index contributed by atoms with van der Waals surface area (Å²) in [5.74, 6) is 1.20. The molecule has 2 aromatic carbocycles. The lowest BCUT2D eigenvalue weighted by atomic mass is 10.1. The summed E-state index contributed by atoms with van der Waals surface area (Å²) in [6, 6.07) is 13.4. The fourth-order valence-corrected chi connectivity index (χ4v) is 3.80. The van der Waals surface area contributed by atoms with Gasteiger partial charge in [0.2, 0.25) is 10.0 Å². The molecule has 0 aliphatic heterocycles. The molecule has 28 heavy (non-hydrogen) atoms. The van der Waals surface area contributed by atoms with E-state index < -0.39 is 16.1 Å². The molecule has 0 saturated carbocycles. The molecule has 0 amide bonds. The van der Waals surface area contributed by atoms with E-state index in [0.29, 0.717) is 16.6 Å². The number of methoxy groups -OCH3 is 1. The van der Waals surface area contributed by atoms with Crippen molar-refractivity contribution < 1.29 is 13.2 Å². The summed E-state index contributed by atoms with van der Waals surface area (Å²) in [5.41, 5.74) is 1.45. The molecule has 0 radical (unpaired) electrons. The van der Waals surface area contributed by atoms with Crippen molar-refractivity contribution >= 4 is 27.7 Å². The van der Waals surface area contributed by atoms with Crippen LogP contribution in [0.1, 0.15) is 23.0 Å². The molecular weight excluding hydrogens is 398 g/mol. The van der Waals surface area contributed by atoms with Crippen LogP contribution in [0.25, 0.3) is 6.08 Å². The van der Waals surface area contributed by atoms with Gasteiger partial charge in [-0.3, -0.25) is 0 Å². The molecule has 1 N–H and O–H groups in total. The fraction of sp³-hybridized carbons (Fsp3) is 0.150. The highest BCUT2D eigenvalue weighted by Crippen LogP contribution is 2.25. The Morgan fingerprint density at radius 3 is 2.61 bits per heavy atom. The topological polar surface area (TPSA) is 73.2 Å². The average Bonchev–Trinajstić information content (AvgIpc) is 3.11. The van der Waals surface area contributed by atoms with Gasteiger partial charge in [0.25, 0.3) is 0 Å². The maximum absolute atomic E-state index is 12.7. The molecule has 146 valence electrons. The summed E-state index contributed by atoms with van der Waals surface area (Å²) in [6.07, 6.45) is 4.90. The number of rotatable bonds is 7. The Balaban J connectivity index is 1.92. The summed E-state index contributed by atoms with van der Waals surface area (Å²) in [4.78, 5) is 4.32. The molecule has 0 aliphatic carbocycles. The molecule has 0 saturated heterocycles. The van der Waals surface area contributed by atoms with Crippen LogP contribution in [0.4, 0.5) is 0 Å². The van der Waals surface area contributed by atoms with Crippen LogP contribution >= 0.6 is 11.6 Å². The number of nitrogens with one attached hydrogen (secondary N) is 1. The second-order valence-electron chi connectivity index (χ2n) is 6.12. The number of hydrogen-bond acceptors (Lipinski definition) is 4. The van der Waals surface area contributed by atoms with Crippen molar-refractivity contribution in [3.05, 3.63) is 88.3 Å². The van der Waals surface area contributed by atoms with Gasteiger partial charge in [-0.2, -0.15) is 4.72 Å². The van der Waals surface area contributed by atoms with Crippen LogP contribution in [0.3, 0.4) is 0 Å². The number of aromatic nitrogens is 2. The van der Waals surface area contributed by atoms with E-state index in [9.17, 15) is 8.42 Å². The predicted octanol–water partition coefficient (Wildman–Crippen LogP) is 3.76. The quantitative estimate of drug-likeness (QED) is 0.635. The first-order valence-corrected chi connectivity index (χ1v) is 10.4. The van der Waals surface area contributed by atoms with Crippen molar-refractivity contribution in [3.8, 4) is 5.75 Å². The largest absolute Gasteiger partial charge is 0.497 e. The number of ether oxygens (including phenoxy) is 1. The van der Waals surface area contributed by atoms with Gasteiger partial charge in [-0.05, 0) is 41.5 Å². The van der Waals surface area contributed by atoms with Gasteiger partial charge in [0.1, 0.15) is 17.6 Å². The predicted molar refractivity (Wildman–Crippen MR) is 111 cm³/mol. The van der Waals surface area contributed by atoms with E-state index in [4.69, 9.17) is 16.3 Å². The van der Waals surface area contributed by atoms with E-state index in [2.05, 4.69) is 9.71 Å². The standard InChI is InChI=1S/C20H20ClN3O3S/c1-24-12-11-22-20(24)19(16-4-3-5-18(14-16)27-2)23-28(25,26)13-10-15-6-8-17(21)9-7-15/h3-14,19,23H,1-2H3/b13-10+. The molecule has 8 heteroatoms. The van der Waals surface area contributed by atoms with E-state index in [1.165, 1.54) is 6.08 Å². The number of halogens is 1. The first-order chi connectivity index (χ1) is 13.4. The molecular formula is C20H20ClN3O3S. The molecule has 0 aliphatic rings. The van der Waals surface area contributed by atoms with Gasteiger partial charge < -0.3 is 9.30 Å². The molecule has 0 bridgehead atoms. The summed E-state index contributed by atoms with van der Waals surface area (Å²) >= 11 is 5.86. The lowest BCUT2D eigenvalue weighted by Crippen LogP contribution is -2.29. The van der Waals surface area contributed by atoms with Gasteiger partial charge in [-0.25, -0.2) is 13.4 Å². The maximum Gasteiger partial charge on any atom is 0.234 e. The highest BCUT2D eigenvalue weighted by atomic mass is 35.5. The zero-order valence-electron chi connectivity index (χ0n) is 15.4. The smallest absolute Gasteiger partial charge is 0.234 e. The average molecular weight is 418 g/mol. The van der Waals surface area contributed by atoms with Crippen LogP contribution in [-0.2, 0) is 17.1 Å².